The van der Waals surface area contributed by atoms with E-state index in [1.54, 1.807) is 0 Å². The van der Waals surface area contributed by atoms with E-state index in [2.05, 4.69) is 46.0 Å². The maximum atomic E-state index is 5.90. The van der Waals surface area contributed by atoms with Crippen molar-refractivity contribution in [3.05, 3.63) is 28.2 Å². The summed E-state index contributed by atoms with van der Waals surface area (Å²) >= 11 is 3.53. The molecule has 0 aliphatic carbocycles. The van der Waals surface area contributed by atoms with Gasteiger partial charge < -0.3 is 10.6 Å². The summed E-state index contributed by atoms with van der Waals surface area (Å²) < 4.78 is 1.12. The predicted octanol–water partition coefficient (Wildman–Crippen LogP) is 4.07. The summed E-state index contributed by atoms with van der Waals surface area (Å²) in [6, 6.07) is 7.19. The van der Waals surface area contributed by atoms with E-state index in [1.165, 1.54) is 49.9 Å². The van der Waals surface area contributed by atoms with Gasteiger partial charge in [-0.1, -0.05) is 35.7 Å². The molecule has 1 atom stereocenters. The highest BCUT2D eigenvalue weighted by Gasteiger charge is 2.21. The van der Waals surface area contributed by atoms with Crippen LogP contribution < -0.4 is 10.6 Å². The van der Waals surface area contributed by atoms with Crippen molar-refractivity contribution in [2.45, 2.75) is 51.6 Å². The summed E-state index contributed by atoms with van der Waals surface area (Å²) in [5.74, 6) is 0. The second-order valence-corrected chi connectivity index (χ2v) is 6.00. The molecule has 1 aliphatic rings. The number of hydrogen-bond acceptors (Lipinski definition) is 2. The van der Waals surface area contributed by atoms with Gasteiger partial charge in [-0.3, -0.25) is 0 Å². The molecule has 1 fully saturated rings. The van der Waals surface area contributed by atoms with Crippen molar-refractivity contribution in [2.75, 3.05) is 11.4 Å². The van der Waals surface area contributed by atoms with E-state index in [1.807, 2.05) is 0 Å². The van der Waals surface area contributed by atoms with Crippen LogP contribution >= 0.6 is 15.9 Å². The maximum Gasteiger partial charge on any atom is 0.0415 e. The van der Waals surface area contributed by atoms with Crippen LogP contribution in [0.2, 0.25) is 0 Å². The summed E-state index contributed by atoms with van der Waals surface area (Å²) in [5, 5.41) is 0. The molecule has 1 saturated heterocycles. The topological polar surface area (TPSA) is 29.3 Å². The summed E-state index contributed by atoms with van der Waals surface area (Å²) in [6.45, 7) is 4.08. The van der Waals surface area contributed by atoms with Gasteiger partial charge in [0.1, 0.15) is 0 Å². The van der Waals surface area contributed by atoms with Gasteiger partial charge in [0.15, 0.2) is 0 Å². The van der Waals surface area contributed by atoms with Crippen LogP contribution in [-0.4, -0.2) is 12.6 Å². The van der Waals surface area contributed by atoms with Gasteiger partial charge in [-0.2, -0.15) is 0 Å². The minimum atomic E-state index is 0.613. The smallest absolute Gasteiger partial charge is 0.0415 e. The monoisotopic (exact) mass is 310 g/mol. The van der Waals surface area contributed by atoms with Gasteiger partial charge >= 0.3 is 0 Å². The Kier molecular flexibility index (Phi) is 5.07. The highest BCUT2D eigenvalue weighted by Crippen LogP contribution is 2.30. The summed E-state index contributed by atoms with van der Waals surface area (Å²) in [4.78, 5) is 2.58. The molecular weight excluding hydrogens is 288 g/mol. The van der Waals surface area contributed by atoms with E-state index >= 15 is 0 Å². The Morgan fingerprint density at radius 1 is 1.33 bits per heavy atom. The van der Waals surface area contributed by atoms with Gasteiger partial charge in [0.05, 0.1) is 0 Å². The first kappa shape index (κ1) is 13.9. The Bertz CT molecular complexity index is 392. The fourth-order valence-corrected chi connectivity index (χ4v) is 3.33. The number of anilines is 1. The average molecular weight is 311 g/mol. The summed E-state index contributed by atoms with van der Waals surface area (Å²) in [7, 11) is 0. The Labute approximate surface area is 119 Å². The molecule has 2 nitrogen and oxygen atoms in total. The molecule has 0 amide bonds. The predicted molar refractivity (Wildman–Crippen MR) is 81.9 cm³/mol. The van der Waals surface area contributed by atoms with Crippen molar-refractivity contribution in [3.8, 4) is 0 Å². The molecule has 1 heterocycles. The van der Waals surface area contributed by atoms with E-state index in [0.717, 1.165) is 4.47 Å². The van der Waals surface area contributed by atoms with E-state index in [9.17, 15) is 0 Å². The lowest BCUT2D eigenvalue weighted by Gasteiger charge is -2.33. The largest absolute Gasteiger partial charge is 0.368 e. The van der Waals surface area contributed by atoms with E-state index in [0.29, 0.717) is 12.6 Å². The van der Waals surface area contributed by atoms with Crippen molar-refractivity contribution < 1.29 is 0 Å². The molecule has 1 unspecified atom stereocenters. The molecule has 0 radical (unpaired) electrons. The van der Waals surface area contributed by atoms with Crippen LogP contribution in [0, 0.1) is 0 Å². The highest BCUT2D eigenvalue weighted by molar-refractivity contribution is 9.10. The zero-order valence-corrected chi connectivity index (χ0v) is 12.7. The highest BCUT2D eigenvalue weighted by atomic mass is 79.9. The van der Waals surface area contributed by atoms with Crippen LogP contribution in [0.25, 0.3) is 0 Å². The maximum absolute atomic E-state index is 5.90. The van der Waals surface area contributed by atoms with Gasteiger partial charge in [-0.05, 0) is 43.0 Å². The quantitative estimate of drug-likeness (QED) is 0.912. The van der Waals surface area contributed by atoms with Gasteiger partial charge in [-0.25, -0.2) is 0 Å². The molecule has 2 N–H and O–H groups in total. The normalized spacial score (nSPS) is 20.8. The third-order valence-electron chi connectivity index (χ3n) is 3.92. The van der Waals surface area contributed by atoms with Crippen LogP contribution in [0.1, 0.15) is 44.6 Å². The fraction of sp³-hybridized carbons (Fsp3) is 0.600. The molecule has 0 bridgehead atoms. The SMILES string of the molecule is CCC1CCCCCN1c1ccc(Br)cc1CN. The molecule has 1 aliphatic heterocycles. The van der Waals surface area contributed by atoms with Crippen molar-refractivity contribution in [2.24, 2.45) is 5.73 Å². The number of nitrogens with two attached hydrogens (primary N) is 1. The van der Waals surface area contributed by atoms with E-state index in [4.69, 9.17) is 5.73 Å². The number of rotatable bonds is 3. The minimum absolute atomic E-state index is 0.613. The molecule has 1 aromatic carbocycles. The second kappa shape index (κ2) is 6.58. The molecule has 3 heteroatoms. The molecule has 1 aromatic rings. The Balaban J connectivity index is 2.32. The van der Waals surface area contributed by atoms with Gasteiger partial charge in [0.2, 0.25) is 0 Å². The lowest BCUT2D eigenvalue weighted by Crippen LogP contribution is -2.35. The molecule has 0 aromatic heterocycles. The number of benzene rings is 1. The fourth-order valence-electron chi connectivity index (χ4n) is 2.92. The third-order valence-corrected chi connectivity index (χ3v) is 4.41. The standard InChI is InChI=1S/C15H23BrN2/c1-2-14-6-4-3-5-9-18(14)15-8-7-13(16)10-12(15)11-17/h7-8,10,14H,2-6,9,11,17H2,1H3. The van der Waals surface area contributed by atoms with Crippen LogP contribution in [0.15, 0.2) is 22.7 Å². The first-order chi connectivity index (χ1) is 8.76. The summed E-state index contributed by atoms with van der Waals surface area (Å²) in [5.41, 5.74) is 8.50. The van der Waals surface area contributed by atoms with Gasteiger partial charge in [0.25, 0.3) is 0 Å². The zero-order chi connectivity index (χ0) is 13.0. The van der Waals surface area contributed by atoms with Gasteiger partial charge in [-0.15, -0.1) is 0 Å². The third kappa shape index (κ3) is 3.07. The Hall–Kier alpha value is -0.540. The first-order valence-corrected chi connectivity index (χ1v) is 7.80. The minimum Gasteiger partial charge on any atom is -0.368 e. The van der Waals surface area contributed by atoms with Crippen LogP contribution in [0.3, 0.4) is 0 Å². The number of halogens is 1. The molecule has 0 spiro atoms. The molecular formula is C15H23BrN2. The van der Waals surface area contributed by atoms with Crippen molar-refractivity contribution in [3.63, 3.8) is 0 Å². The molecule has 100 valence electrons. The van der Waals surface area contributed by atoms with Crippen molar-refractivity contribution in [1.29, 1.82) is 0 Å². The molecule has 2 rings (SSSR count). The second-order valence-electron chi connectivity index (χ2n) is 5.08. The number of nitrogens with zero attached hydrogens (tertiary/aromatic N) is 1. The summed E-state index contributed by atoms with van der Waals surface area (Å²) in [6.07, 6.45) is 6.57. The van der Waals surface area contributed by atoms with E-state index in [-0.39, 0.29) is 0 Å². The zero-order valence-electron chi connectivity index (χ0n) is 11.2. The number of hydrogen-bond donors (Lipinski definition) is 1. The first-order valence-electron chi connectivity index (χ1n) is 7.01. The Morgan fingerprint density at radius 2 is 2.17 bits per heavy atom. The molecule has 0 saturated carbocycles. The Morgan fingerprint density at radius 3 is 2.89 bits per heavy atom. The molecule has 18 heavy (non-hydrogen) atoms. The lowest BCUT2D eigenvalue weighted by atomic mass is 10.1. The van der Waals surface area contributed by atoms with Crippen LogP contribution in [0.5, 0.6) is 0 Å². The van der Waals surface area contributed by atoms with Crippen molar-refractivity contribution in [1.82, 2.24) is 0 Å². The van der Waals surface area contributed by atoms with Crippen LogP contribution in [0.4, 0.5) is 5.69 Å². The van der Waals surface area contributed by atoms with Gasteiger partial charge in [0, 0.05) is 29.3 Å². The lowest BCUT2D eigenvalue weighted by molar-refractivity contribution is 0.555. The average Bonchev–Trinajstić information content (AvgIpc) is 2.63. The van der Waals surface area contributed by atoms with E-state index < -0.39 is 0 Å². The van der Waals surface area contributed by atoms with Crippen LogP contribution in [-0.2, 0) is 6.54 Å². The van der Waals surface area contributed by atoms with Crippen molar-refractivity contribution >= 4 is 21.6 Å².